The fourth-order valence-corrected chi connectivity index (χ4v) is 2.66. The molecule has 3 heteroatoms. The Kier molecular flexibility index (Phi) is 4.72. The molecule has 100 valence electrons. The van der Waals surface area contributed by atoms with E-state index < -0.39 is 0 Å². The minimum Gasteiger partial charge on any atom is -0.393 e. The Labute approximate surface area is 108 Å². The van der Waals surface area contributed by atoms with Gasteiger partial charge >= 0.3 is 0 Å². The lowest BCUT2D eigenvalue weighted by Gasteiger charge is -2.17. The Bertz CT molecular complexity index is 381. The number of hydrogen-bond donors (Lipinski definition) is 1. The first-order valence-corrected chi connectivity index (χ1v) is 6.80. The summed E-state index contributed by atoms with van der Waals surface area (Å²) < 4.78 is 13.0. The van der Waals surface area contributed by atoms with Gasteiger partial charge in [-0.15, -0.1) is 0 Å². The molecule has 0 radical (unpaired) electrons. The van der Waals surface area contributed by atoms with Crippen molar-refractivity contribution in [1.82, 2.24) is 4.90 Å². The Hall–Kier alpha value is -0.930. The monoisotopic (exact) mass is 251 g/mol. The highest BCUT2D eigenvalue weighted by atomic mass is 19.1. The molecule has 0 spiro atoms. The van der Waals surface area contributed by atoms with Gasteiger partial charge in [0.05, 0.1) is 6.10 Å². The lowest BCUT2D eigenvalue weighted by molar-refractivity contribution is 0.127. The van der Waals surface area contributed by atoms with Gasteiger partial charge in [-0.05, 0) is 62.9 Å². The Morgan fingerprint density at radius 1 is 1.50 bits per heavy atom. The summed E-state index contributed by atoms with van der Waals surface area (Å²) in [6, 6.07) is 6.84. The van der Waals surface area contributed by atoms with Crippen molar-refractivity contribution in [2.75, 3.05) is 19.6 Å². The van der Waals surface area contributed by atoms with Crippen molar-refractivity contribution < 1.29 is 9.50 Å². The summed E-state index contributed by atoms with van der Waals surface area (Å²) in [5, 5.41) is 9.54. The van der Waals surface area contributed by atoms with Crippen molar-refractivity contribution in [3.63, 3.8) is 0 Å². The number of nitrogens with zero attached hydrogens (tertiary/aromatic N) is 1. The molecule has 0 amide bonds. The van der Waals surface area contributed by atoms with Crippen molar-refractivity contribution in [3.8, 4) is 0 Å². The van der Waals surface area contributed by atoms with Gasteiger partial charge in [0.25, 0.3) is 0 Å². The maximum atomic E-state index is 13.0. The van der Waals surface area contributed by atoms with Crippen molar-refractivity contribution in [3.05, 3.63) is 35.6 Å². The lowest BCUT2D eigenvalue weighted by Crippen LogP contribution is -2.25. The molecule has 18 heavy (non-hydrogen) atoms. The third-order valence-electron chi connectivity index (χ3n) is 3.82. The third-order valence-corrected chi connectivity index (χ3v) is 3.82. The molecule has 2 rings (SSSR count). The van der Waals surface area contributed by atoms with Gasteiger partial charge in [0.15, 0.2) is 0 Å². The second-order valence-electron chi connectivity index (χ2n) is 5.32. The SMILES string of the molecule is CC(O)C1CCN(CCCc2cccc(F)c2)C1. The van der Waals surface area contributed by atoms with E-state index in [4.69, 9.17) is 0 Å². The van der Waals surface area contributed by atoms with E-state index in [1.165, 1.54) is 6.07 Å². The molecule has 1 heterocycles. The van der Waals surface area contributed by atoms with Gasteiger partial charge in [0.1, 0.15) is 5.82 Å². The van der Waals surface area contributed by atoms with Crippen LogP contribution in [-0.4, -0.2) is 35.7 Å². The summed E-state index contributed by atoms with van der Waals surface area (Å²) in [7, 11) is 0. The lowest BCUT2D eigenvalue weighted by atomic mass is 10.0. The topological polar surface area (TPSA) is 23.5 Å². The van der Waals surface area contributed by atoms with E-state index >= 15 is 0 Å². The molecule has 2 atom stereocenters. The van der Waals surface area contributed by atoms with Crippen LogP contribution in [0.25, 0.3) is 0 Å². The number of aryl methyl sites for hydroxylation is 1. The number of aliphatic hydroxyl groups excluding tert-OH is 1. The van der Waals surface area contributed by atoms with E-state index in [0.29, 0.717) is 5.92 Å². The van der Waals surface area contributed by atoms with Crippen molar-refractivity contribution in [2.24, 2.45) is 5.92 Å². The van der Waals surface area contributed by atoms with Gasteiger partial charge in [0, 0.05) is 6.54 Å². The molecule has 0 aromatic heterocycles. The minimum atomic E-state index is -0.196. The van der Waals surface area contributed by atoms with Gasteiger partial charge < -0.3 is 10.0 Å². The zero-order valence-electron chi connectivity index (χ0n) is 11.0. The normalized spacial score (nSPS) is 22.3. The summed E-state index contributed by atoms with van der Waals surface area (Å²) in [5.74, 6) is 0.280. The molecule has 2 unspecified atom stereocenters. The van der Waals surface area contributed by atoms with Crippen LogP contribution in [0.5, 0.6) is 0 Å². The smallest absolute Gasteiger partial charge is 0.123 e. The fraction of sp³-hybridized carbons (Fsp3) is 0.600. The molecule has 1 saturated heterocycles. The predicted octanol–water partition coefficient (Wildman–Crippen LogP) is 2.46. The fourth-order valence-electron chi connectivity index (χ4n) is 2.66. The molecule has 1 aromatic rings. The van der Waals surface area contributed by atoms with E-state index in [2.05, 4.69) is 4.90 Å². The van der Waals surface area contributed by atoms with Crippen LogP contribution in [0.4, 0.5) is 4.39 Å². The first-order chi connectivity index (χ1) is 8.65. The summed E-state index contributed by atoms with van der Waals surface area (Å²) >= 11 is 0. The molecule has 2 nitrogen and oxygen atoms in total. The number of rotatable bonds is 5. The highest BCUT2D eigenvalue weighted by molar-refractivity contribution is 5.16. The van der Waals surface area contributed by atoms with Crippen LogP contribution >= 0.6 is 0 Å². The average molecular weight is 251 g/mol. The second kappa shape index (κ2) is 6.30. The molecule has 1 aromatic carbocycles. The molecule has 0 saturated carbocycles. The number of hydrogen-bond acceptors (Lipinski definition) is 2. The van der Waals surface area contributed by atoms with Crippen molar-refractivity contribution >= 4 is 0 Å². The Morgan fingerprint density at radius 3 is 3.00 bits per heavy atom. The second-order valence-corrected chi connectivity index (χ2v) is 5.32. The molecule has 1 N–H and O–H groups in total. The van der Waals surface area contributed by atoms with E-state index in [9.17, 15) is 9.50 Å². The van der Waals surface area contributed by atoms with Crippen LogP contribution in [0.15, 0.2) is 24.3 Å². The molecule has 0 bridgehead atoms. The first-order valence-electron chi connectivity index (χ1n) is 6.80. The highest BCUT2D eigenvalue weighted by Gasteiger charge is 2.25. The van der Waals surface area contributed by atoms with Gasteiger partial charge in [-0.3, -0.25) is 0 Å². The zero-order chi connectivity index (χ0) is 13.0. The quantitative estimate of drug-likeness (QED) is 0.869. The number of likely N-dealkylation sites (tertiary alicyclic amines) is 1. The highest BCUT2D eigenvalue weighted by Crippen LogP contribution is 2.20. The van der Waals surface area contributed by atoms with Crippen LogP contribution in [0.1, 0.15) is 25.3 Å². The first kappa shape index (κ1) is 13.5. The van der Waals surface area contributed by atoms with Crippen LogP contribution in [0, 0.1) is 11.7 Å². The molecular formula is C15H22FNO. The number of aliphatic hydroxyl groups is 1. The van der Waals surface area contributed by atoms with E-state index in [-0.39, 0.29) is 11.9 Å². The van der Waals surface area contributed by atoms with E-state index in [1.807, 2.05) is 13.0 Å². The Balaban J connectivity index is 1.70. The van der Waals surface area contributed by atoms with Gasteiger partial charge in [-0.1, -0.05) is 12.1 Å². The molecule has 1 aliphatic rings. The summed E-state index contributed by atoms with van der Waals surface area (Å²) in [6.07, 6.45) is 2.87. The maximum absolute atomic E-state index is 13.0. The van der Waals surface area contributed by atoms with E-state index in [1.54, 1.807) is 12.1 Å². The van der Waals surface area contributed by atoms with Crippen LogP contribution in [0.2, 0.25) is 0 Å². The standard InChI is InChI=1S/C15H22FNO/c1-12(18)14-7-9-17(11-14)8-3-5-13-4-2-6-15(16)10-13/h2,4,6,10,12,14,18H,3,5,7-9,11H2,1H3. The van der Waals surface area contributed by atoms with Crippen LogP contribution in [-0.2, 0) is 6.42 Å². The van der Waals surface area contributed by atoms with Crippen LogP contribution in [0.3, 0.4) is 0 Å². The van der Waals surface area contributed by atoms with Gasteiger partial charge in [0.2, 0.25) is 0 Å². The molecular weight excluding hydrogens is 229 g/mol. The van der Waals surface area contributed by atoms with Crippen LogP contribution < -0.4 is 0 Å². The predicted molar refractivity (Wildman–Crippen MR) is 70.9 cm³/mol. The van der Waals surface area contributed by atoms with Crippen molar-refractivity contribution in [2.45, 2.75) is 32.3 Å². The average Bonchev–Trinajstić information content (AvgIpc) is 2.78. The molecule has 1 fully saturated rings. The van der Waals surface area contributed by atoms with Gasteiger partial charge in [-0.2, -0.15) is 0 Å². The summed E-state index contributed by atoms with van der Waals surface area (Å²) in [5.41, 5.74) is 1.07. The van der Waals surface area contributed by atoms with Crippen molar-refractivity contribution in [1.29, 1.82) is 0 Å². The number of halogens is 1. The maximum Gasteiger partial charge on any atom is 0.123 e. The number of benzene rings is 1. The van der Waals surface area contributed by atoms with Gasteiger partial charge in [-0.25, -0.2) is 4.39 Å². The minimum absolute atomic E-state index is 0.150. The summed E-state index contributed by atoms with van der Waals surface area (Å²) in [6.45, 7) is 5.00. The molecule has 1 aliphatic heterocycles. The third kappa shape index (κ3) is 3.79. The largest absolute Gasteiger partial charge is 0.393 e. The van der Waals surface area contributed by atoms with E-state index in [0.717, 1.165) is 44.5 Å². The Morgan fingerprint density at radius 2 is 2.33 bits per heavy atom. The molecule has 0 aliphatic carbocycles. The zero-order valence-corrected chi connectivity index (χ0v) is 11.0. The summed E-state index contributed by atoms with van der Waals surface area (Å²) in [4.78, 5) is 2.40.